The summed E-state index contributed by atoms with van der Waals surface area (Å²) in [5.41, 5.74) is 9.15. The quantitative estimate of drug-likeness (QED) is 0.878. The largest absolute Gasteiger partial charge is 0.383 e. The predicted molar refractivity (Wildman–Crippen MR) is 69.0 cm³/mol. The van der Waals surface area contributed by atoms with Crippen LogP contribution in [0.4, 0.5) is 5.82 Å². The fraction of sp³-hybridized carbons (Fsp3) is 0.250. The second kappa shape index (κ2) is 4.16. The van der Waals surface area contributed by atoms with Crippen LogP contribution in [0.3, 0.4) is 0 Å². The van der Waals surface area contributed by atoms with E-state index in [2.05, 4.69) is 21.0 Å². The summed E-state index contributed by atoms with van der Waals surface area (Å²) in [4.78, 5) is 0. The zero-order chi connectivity index (χ0) is 11.8. The first-order valence-corrected chi connectivity index (χ1v) is 6.25. The van der Waals surface area contributed by atoms with E-state index in [0.29, 0.717) is 12.4 Å². The molecule has 0 unspecified atom stereocenters. The minimum atomic E-state index is 0.561. The Balaban J connectivity index is 2.16. The van der Waals surface area contributed by atoms with Crippen molar-refractivity contribution < 1.29 is 4.74 Å². The molecule has 3 rings (SSSR count). The molecule has 88 valence electrons. The van der Waals surface area contributed by atoms with Gasteiger partial charge in [0.05, 0.1) is 24.6 Å². The van der Waals surface area contributed by atoms with Gasteiger partial charge in [0.2, 0.25) is 0 Å². The lowest BCUT2D eigenvalue weighted by atomic mass is 10.1. The van der Waals surface area contributed by atoms with Crippen molar-refractivity contribution in [3.8, 4) is 5.69 Å². The van der Waals surface area contributed by atoms with Crippen molar-refractivity contribution in [1.82, 2.24) is 9.78 Å². The molecule has 0 saturated heterocycles. The van der Waals surface area contributed by atoms with Gasteiger partial charge in [-0.25, -0.2) is 4.68 Å². The van der Waals surface area contributed by atoms with E-state index in [1.807, 2.05) is 24.3 Å². The number of nitrogens with two attached hydrogens (primary N) is 1. The number of hydrogen-bond acceptors (Lipinski definition) is 3. The second-order valence-corrected chi connectivity index (χ2v) is 4.83. The summed E-state index contributed by atoms with van der Waals surface area (Å²) >= 11 is 3.51. The molecule has 0 spiro atoms. The van der Waals surface area contributed by atoms with Gasteiger partial charge < -0.3 is 10.5 Å². The molecule has 17 heavy (non-hydrogen) atoms. The van der Waals surface area contributed by atoms with E-state index in [-0.39, 0.29) is 0 Å². The molecule has 0 radical (unpaired) electrons. The topological polar surface area (TPSA) is 53.1 Å². The first-order valence-electron chi connectivity index (χ1n) is 5.46. The summed E-state index contributed by atoms with van der Waals surface area (Å²) in [6.45, 7) is 1.28. The molecule has 5 heteroatoms. The summed E-state index contributed by atoms with van der Waals surface area (Å²) < 4.78 is 8.17. The maximum atomic E-state index is 6.12. The van der Waals surface area contributed by atoms with E-state index < -0.39 is 0 Å². The highest BCUT2D eigenvalue weighted by molar-refractivity contribution is 9.10. The normalized spacial score (nSPS) is 14.6. The van der Waals surface area contributed by atoms with E-state index >= 15 is 0 Å². The number of hydrogen-bond donors (Lipinski definition) is 1. The third kappa shape index (κ3) is 1.75. The van der Waals surface area contributed by atoms with E-state index in [9.17, 15) is 0 Å². The smallest absolute Gasteiger partial charge is 0.133 e. The first kappa shape index (κ1) is 10.8. The molecule has 2 aromatic rings. The Morgan fingerprint density at radius 1 is 1.35 bits per heavy atom. The van der Waals surface area contributed by atoms with Crippen molar-refractivity contribution >= 4 is 21.7 Å². The molecule has 2 N–H and O–H groups in total. The molecule has 0 amide bonds. The van der Waals surface area contributed by atoms with Crippen LogP contribution in [0, 0.1) is 0 Å². The number of aromatic nitrogens is 2. The van der Waals surface area contributed by atoms with E-state index in [4.69, 9.17) is 10.5 Å². The minimum Gasteiger partial charge on any atom is -0.383 e. The molecule has 0 saturated carbocycles. The SMILES string of the molecule is Nc1c2c(nn1-c1ccccc1Br)CCOC2. The predicted octanol–water partition coefficient (Wildman–Crippen LogP) is 2.29. The van der Waals surface area contributed by atoms with Gasteiger partial charge in [-0.2, -0.15) is 5.10 Å². The van der Waals surface area contributed by atoms with Gasteiger partial charge in [0, 0.05) is 16.5 Å². The number of rotatable bonds is 1. The van der Waals surface area contributed by atoms with Gasteiger partial charge in [-0.15, -0.1) is 0 Å². The lowest BCUT2D eigenvalue weighted by Gasteiger charge is -2.10. The van der Waals surface area contributed by atoms with E-state index in [1.54, 1.807) is 4.68 Å². The summed E-state index contributed by atoms with van der Waals surface area (Å²) in [6, 6.07) is 7.90. The van der Waals surface area contributed by atoms with Crippen molar-refractivity contribution in [2.24, 2.45) is 0 Å². The number of nitrogen functional groups attached to an aromatic ring is 1. The number of para-hydroxylation sites is 1. The van der Waals surface area contributed by atoms with Crippen molar-refractivity contribution in [2.75, 3.05) is 12.3 Å². The van der Waals surface area contributed by atoms with Crippen LogP contribution in [0.2, 0.25) is 0 Å². The first-order chi connectivity index (χ1) is 8.27. The lowest BCUT2D eigenvalue weighted by molar-refractivity contribution is 0.110. The van der Waals surface area contributed by atoms with Gasteiger partial charge in [-0.05, 0) is 28.1 Å². The fourth-order valence-electron chi connectivity index (χ4n) is 2.02. The molecular weight excluding hydrogens is 282 g/mol. The highest BCUT2D eigenvalue weighted by atomic mass is 79.9. The van der Waals surface area contributed by atoms with Crippen LogP contribution in [-0.4, -0.2) is 16.4 Å². The summed E-state index contributed by atoms with van der Waals surface area (Å²) in [5, 5.41) is 4.56. The molecular formula is C12H12BrN3O. The van der Waals surface area contributed by atoms with Gasteiger partial charge in [0.15, 0.2) is 0 Å². The third-order valence-corrected chi connectivity index (χ3v) is 3.59. The fourth-order valence-corrected chi connectivity index (χ4v) is 2.47. The molecule has 1 aliphatic heterocycles. The highest BCUT2D eigenvalue weighted by Gasteiger charge is 2.20. The second-order valence-electron chi connectivity index (χ2n) is 3.98. The van der Waals surface area contributed by atoms with Crippen LogP contribution in [0.25, 0.3) is 5.69 Å². The number of anilines is 1. The van der Waals surface area contributed by atoms with Crippen LogP contribution in [-0.2, 0) is 17.8 Å². The maximum absolute atomic E-state index is 6.12. The Labute approximate surface area is 108 Å². The highest BCUT2D eigenvalue weighted by Crippen LogP contribution is 2.28. The summed E-state index contributed by atoms with van der Waals surface area (Å²) in [5.74, 6) is 0.673. The Hall–Kier alpha value is -1.33. The molecule has 0 atom stereocenters. The monoisotopic (exact) mass is 293 g/mol. The van der Waals surface area contributed by atoms with Crippen molar-refractivity contribution in [2.45, 2.75) is 13.0 Å². The zero-order valence-electron chi connectivity index (χ0n) is 9.19. The average molecular weight is 294 g/mol. The Morgan fingerprint density at radius 3 is 2.94 bits per heavy atom. The van der Waals surface area contributed by atoms with E-state index in [0.717, 1.165) is 34.4 Å². The van der Waals surface area contributed by atoms with Crippen LogP contribution in [0.5, 0.6) is 0 Å². The van der Waals surface area contributed by atoms with Gasteiger partial charge in [-0.1, -0.05) is 12.1 Å². The molecule has 1 aromatic carbocycles. The van der Waals surface area contributed by atoms with E-state index in [1.165, 1.54) is 0 Å². The minimum absolute atomic E-state index is 0.561. The lowest BCUT2D eigenvalue weighted by Crippen LogP contribution is -2.09. The number of nitrogens with zero attached hydrogens (tertiary/aromatic N) is 2. The molecule has 1 aliphatic rings. The van der Waals surface area contributed by atoms with Crippen molar-refractivity contribution in [3.63, 3.8) is 0 Å². The summed E-state index contributed by atoms with van der Waals surface area (Å²) in [6.07, 6.45) is 0.830. The molecule has 1 aromatic heterocycles. The molecule has 4 nitrogen and oxygen atoms in total. The molecule has 0 aliphatic carbocycles. The molecule has 0 fully saturated rings. The Bertz CT molecular complexity index is 565. The van der Waals surface area contributed by atoms with Crippen LogP contribution >= 0.6 is 15.9 Å². The van der Waals surface area contributed by atoms with Crippen LogP contribution in [0.15, 0.2) is 28.7 Å². The standard InChI is InChI=1S/C12H12BrN3O/c13-9-3-1-2-4-11(9)16-12(14)8-7-17-6-5-10(8)15-16/h1-4H,5-7,14H2. The Kier molecular flexibility index (Phi) is 2.64. The van der Waals surface area contributed by atoms with Gasteiger partial charge >= 0.3 is 0 Å². The number of halogens is 1. The third-order valence-electron chi connectivity index (χ3n) is 2.92. The zero-order valence-corrected chi connectivity index (χ0v) is 10.8. The summed E-state index contributed by atoms with van der Waals surface area (Å²) in [7, 11) is 0. The van der Waals surface area contributed by atoms with Gasteiger partial charge in [0.1, 0.15) is 5.82 Å². The molecule has 2 heterocycles. The van der Waals surface area contributed by atoms with Gasteiger partial charge in [0.25, 0.3) is 0 Å². The maximum Gasteiger partial charge on any atom is 0.133 e. The Morgan fingerprint density at radius 2 is 2.18 bits per heavy atom. The number of ether oxygens (including phenoxy) is 1. The van der Waals surface area contributed by atoms with Gasteiger partial charge in [-0.3, -0.25) is 0 Å². The van der Waals surface area contributed by atoms with Crippen molar-refractivity contribution in [1.29, 1.82) is 0 Å². The number of benzene rings is 1. The van der Waals surface area contributed by atoms with Crippen LogP contribution < -0.4 is 5.73 Å². The average Bonchev–Trinajstić information content (AvgIpc) is 2.68. The number of fused-ring (bicyclic) bond motifs is 1. The van der Waals surface area contributed by atoms with Crippen molar-refractivity contribution in [3.05, 3.63) is 40.0 Å². The van der Waals surface area contributed by atoms with Crippen LogP contribution in [0.1, 0.15) is 11.3 Å². The molecule has 0 bridgehead atoms.